The van der Waals surface area contributed by atoms with Gasteiger partial charge in [0.15, 0.2) is 0 Å². The topological polar surface area (TPSA) is 15.3 Å². The van der Waals surface area contributed by atoms with Gasteiger partial charge in [-0.25, -0.2) is 0 Å². The summed E-state index contributed by atoms with van der Waals surface area (Å²) in [6.45, 7) is 11.3. The number of rotatable bonds is 4. The fraction of sp³-hybridized carbons (Fsp3) is 0.733. The third kappa shape index (κ3) is 5.86. The van der Waals surface area contributed by atoms with E-state index in [9.17, 15) is 0 Å². The molecule has 0 spiro atoms. The lowest BCUT2D eigenvalue weighted by molar-refractivity contribution is 0.290. The van der Waals surface area contributed by atoms with Gasteiger partial charge in [0.25, 0.3) is 0 Å². The van der Waals surface area contributed by atoms with Crippen molar-refractivity contribution in [1.82, 2.24) is 10.2 Å². The number of thiophene rings is 1. The Hall–Kier alpha value is -0.0300. The fourth-order valence-electron chi connectivity index (χ4n) is 2.13. The van der Waals surface area contributed by atoms with Crippen LogP contribution in [0.5, 0.6) is 0 Å². The maximum absolute atomic E-state index is 3.56. The summed E-state index contributed by atoms with van der Waals surface area (Å²) >= 11 is 4.06. The Morgan fingerprint density at radius 3 is 2.74 bits per heavy atom. The molecule has 1 aromatic rings. The third-order valence-electron chi connectivity index (χ3n) is 3.20. The minimum absolute atomic E-state index is 0.201. The molecule has 0 aliphatic carbocycles. The first-order chi connectivity index (χ1) is 9.03. The zero-order valence-electron chi connectivity index (χ0n) is 12.4. The molecule has 0 amide bonds. The zero-order chi connectivity index (χ0) is 13.7. The number of nitrogens with one attached hydrogen (secondary N) is 1. The molecule has 19 heavy (non-hydrogen) atoms. The summed E-state index contributed by atoms with van der Waals surface area (Å²) in [4.78, 5) is 5.57. The first kappa shape index (κ1) is 15.4. The SMILES string of the molecule is CC(C)(C)NCc1ccc(CN2CCCSCC2)s1. The van der Waals surface area contributed by atoms with Crippen molar-refractivity contribution in [1.29, 1.82) is 0 Å². The molecule has 0 saturated carbocycles. The molecule has 1 aromatic heterocycles. The highest BCUT2D eigenvalue weighted by atomic mass is 32.2. The molecule has 1 fully saturated rings. The van der Waals surface area contributed by atoms with Crippen molar-refractivity contribution < 1.29 is 0 Å². The van der Waals surface area contributed by atoms with E-state index in [0.717, 1.165) is 13.1 Å². The quantitative estimate of drug-likeness (QED) is 0.915. The van der Waals surface area contributed by atoms with E-state index in [1.54, 1.807) is 0 Å². The lowest BCUT2D eigenvalue weighted by Gasteiger charge is -2.20. The van der Waals surface area contributed by atoms with Gasteiger partial charge >= 0.3 is 0 Å². The summed E-state index contributed by atoms with van der Waals surface area (Å²) < 4.78 is 0. The zero-order valence-corrected chi connectivity index (χ0v) is 14.0. The van der Waals surface area contributed by atoms with Crippen LogP contribution in [-0.4, -0.2) is 35.0 Å². The summed E-state index contributed by atoms with van der Waals surface area (Å²) in [6.07, 6.45) is 1.34. The highest BCUT2D eigenvalue weighted by molar-refractivity contribution is 7.99. The fourth-order valence-corrected chi connectivity index (χ4v) is 4.06. The summed E-state index contributed by atoms with van der Waals surface area (Å²) in [5, 5.41) is 3.56. The molecule has 1 aliphatic rings. The van der Waals surface area contributed by atoms with E-state index >= 15 is 0 Å². The van der Waals surface area contributed by atoms with Crippen LogP contribution in [0.3, 0.4) is 0 Å². The standard InChI is InChI=1S/C15H26N2S2/c1-15(2,3)16-11-13-5-6-14(19-13)12-17-7-4-9-18-10-8-17/h5-6,16H,4,7-12H2,1-3H3. The molecule has 2 heterocycles. The molecule has 0 bridgehead atoms. The van der Waals surface area contributed by atoms with Crippen LogP contribution in [0.1, 0.15) is 36.9 Å². The van der Waals surface area contributed by atoms with Crippen LogP contribution >= 0.6 is 23.1 Å². The van der Waals surface area contributed by atoms with E-state index in [-0.39, 0.29) is 5.54 Å². The molecule has 2 nitrogen and oxygen atoms in total. The molecule has 0 unspecified atom stereocenters. The van der Waals surface area contributed by atoms with Crippen LogP contribution in [0.15, 0.2) is 12.1 Å². The first-order valence-electron chi connectivity index (χ1n) is 7.16. The molecule has 4 heteroatoms. The molecule has 0 atom stereocenters. The van der Waals surface area contributed by atoms with Gasteiger partial charge < -0.3 is 5.32 Å². The largest absolute Gasteiger partial charge is 0.307 e. The maximum Gasteiger partial charge on any atom is 0.0328 e. The molecule has 108 valence electrons. The molecular weight excluding hydrogens is 272 g/mol. The van der Waals surface area contributed by atoms with Crippen molar-refractivity contribution in [3.63, 3.8) is 0 Å². The van der Waals surface area contributed by atoms with E-state index in [0.29, 0.717) is 0 Å². The van der Waals surface area contributed by atoms with Gasteiger partial charge in [0.05, 0.1) is 0 Å². The van der Waals surface area contributed by atoms with Crippen LogP contribution in [-0.2, 0) is 13.1 Å². The summed E-state index contributed by atoms with van der Waals surface area (Å²) in [5.74, 6) is 2.63. The number of hydrogen-bond acceptors (Lipinski definition) is 4. The highest BCUT2D eigenvalue weighted by Crippen LogP contribution is 2.20. The van der Waals surface area contributed by atoms with Gasteiger partial charge in [0, 0.05) is 40.7 Å². The van der Waals surface area contributed by atoms with E-state index in [1.807, 2.05) is 11.3 Å². The van der Waals surface area contributed by atoms with Crippen LogP contribution in [0.4, 0.5) is 0 Å². The van der Waals surface area contributed by atoms with Crippen molar-refractivity contribution in [3.05, 3.63) is 21.9 Å². The smallest absolute Gasteiger partial charge is 0.0328 e. The summed E-state index contributed by atoms with van der Waals surface area (Å²) in [7, 11) is 0. The van der Waals surface area contributed by atoms with Crippen LogP contribution in [0, 0.1) is 0 Å². The van der Waals surface area contributed by atoms with Crippen LogP contribution < -0.4 is 5.32 Å². The molecule has 1 N–H and O–H groups in total. The second kappa shape index (κ2) is 7.11. The molecular formula is C15H26N2S2. The molecule has 0 aromatic carbocycles. The molecule has 0 radical (unpaired) electrons. The van der Waals surface area contributed by atoms with Gasteiger partial charge in [-0.1, -0.05) is 0 Å². The van der Waals surface area contributed by atoms with Gasteiger partial charge in [0.1, 0.15) is 0 Å². The molecule has 1 saturated heterocycles. The Morgan fingerprint density at radius 2 is 1.95 bits per heavy atom. The van der Waals surface area contributed by atoms with Gasteiger partial charge in [-0.15, -0.1) is 11.3 Å². The van der Waals surface area contributed by atoms with Gasteiger partial charge in [0.2, 0.25) is 0 Å². The summed E-state index contributed by atoms with van der Waals surface area (Å²) in [6, 6.07) is 4.59. The van der Waals surface area contributed by atoms with Gasteiger partial charge in [-0.3, -0.25) is 4.90 Å². The van der Waals surface area contributed by atoms with Crippen molar-refractivity contribution in [2.75, 3.05) is 24.6 Å². The van der Waals surface area contributed by atoms with Gasteiger partial charge in [-0.2, -0.15) is 11.8 Å². The Morgan fingerprint density at radius 1 is 1.16 bits per heavy atom. The molecule has 1 aliphatic heterocycles. The van der Waals surface area contributed by atoms with Crippen molar-refractivity contribution >= 4 is 23.1 Å². The van der Waals surface area contributed by atoms with Crippen molar-refractivity contribution in [3.8, 4) is 0 Å². The average Bonchev–Trinajstić information content (AvgIpc) is 2.61. The van der Waals surface area contributed by atoms with E-state index in [1.165, 1.54) is 40.8 Å². The predicted molar refractivity (Wildman–Crippen MR) is 88.1 cm³/mol. The van der Waals surface area contributed by atoms with E-state index < -0.39 is 0 Å². The Bertz CT molecular complexity index is 374. The Balaban J connectivity index is 1.82. The Labute approximate surface area is 126 Å². The normalized spacial score (nSPS) is 18.5. The monoisotopic (exact) mass is 298 g/mol. The van der Waals surface area contributed by atoms with Crippen LogP contribution in [0.25, 0.3) is 0 Å². The minimum Gasteiger partial charge on any atom is -0.307 e. The Kier molecular flexibility index (Phi) is 5.75. The minimum atomic E-state index is 0.201. The lowest BCUT2D eigenvalue weighted by atomic mass is 10.1. The van der Waals surface area contributed by atoms with Crippen LogP contribution in [0.2, 0.25) is 0 Å². The van der Waals surface area contributed by atoms with Gasteiger partial charge in [-0.05, 0) is 51.6 Å². The first-order valence-corrected chi connectivity index (χ1v) is 9.13. The van der Waals surface area contributed by atoms with E-state index in [2.05, 4.69) is 54.9 Å². The highest BCUT2D eigenvalue weighted by Gasteiger charge is 2.12. The maximum atomic E-state index is 3.56. The average molecular weight is 299 g/mol. The number of thioether (sulfide) groups is 1. The number of nitrogens with zero attached hydrogens (tertiary/aromatic N) is 1. The molecule has 2 rings (SSSR count). The lowest BCUT2D eigenvalue weighted by Crippen LogP contribution is -2.34. The summed E-state index contributed by atoms with van der Waals surface area (Å²) in [5.41, 5.74) is 0.201. The predicted octanol–water partition coefficient (Wildman–Crippen LogP) is 3.58. The van der Waals surface area contributed by atoms with Crippen molar-refractivity contribution in [2.24, 2.45) is 0 Å². The van der Waals surface area contributed by atoms with Crippen molar-refractivity contribution in [2.45, 2.75) is 45.8 Å². The number of hydrogen-bond donors (Lipinski definition) is 1. The third-order valence-corrected chi connectivity index (χ3v) is 5.32. The second-order valence-corrected chi connectivity index (χ2v) is 8.69. The second-order valence-electron chi connectivity index (χ2n) is 6.21. The van der Waals surface area contributed by atoms with E-state index in [4.69, 9.17) is 0 Å².